The molecule has 1 atom stereocenters. The summed E-state index contributed by atoms with van der Waals surface area (Å²) >= 11 is 12.0. The van der Waals surface area contributed by atoms with Crippen LogP contribution in [0.1, 0.15) is 11.5 Å². The molecule has 0 aliphatic heterocycles. The lowest BCUT2D eigenvalue weighted by Crippen LogP contribution is -2.28. The SMILES string of the molecule is N#C[C@@H](C(=O)C(=O)Nc1ccccc1)c1c(Cl)cccc1Cl. The van der Waals surface area contributed by atoms with Crippen LogP contribution in [0.4, 0.5) is 5.69 Å². The van der Waals surface area contributed by atoms with Gasteiger partial charge < -0.3 is 5.32 Å². The topological polar surface area (TPSA) is 70.0 Å². The fourth-order valence-electron chi connectivity index (χ4n) is 1.89. The predicted octanol–water partition coefficient (Wildman–Crippen LogP) is 3.81. The molecule has 1 amide bonds. The quantitative estimate of drug-likeness (QED) is 0.865. The number of anilines is 1. The van der Waals surface area contributed by atoms with E-state index in [2.05, 4.69) is 5.32 Å². The van der Waals surface area contributed by atoms with Crippen molar-refractivity contribution >= 4 is 40.6 Å². The number of Topliss-reactive ketones (excluding diaryl/α,β-unsaturated/α-hetero) is 1. The third-order valence-corrected chi connectivity index (χ3v) is 3.59. The van der Waals surface area contributed by atoms with Gasteiger partial charge in [0.2, 0.25) is 5.78 Å². The molecule has 2 aromatic rings. The highest BCUT2D eigenvalue weighted by Crippen LogP contribution is 2.32. The molecule has 0 radical (unpaired) electrons. The molecule has 1 N–H and O–H groups in total. The van der Waals surface area contributed by atoms with E-state index in [1.165, 1.54) is 12.1 Å². The molecule has 2 aromatic carbocycles. The molecule has 110 valence electrons. The number of carbonyl (C=O) groups is 2. The largest absolute Gasteiger partial charge is 0.319 e. The van der Waals surface area contributed by atoms with Crippen LogP contribution in [0, 0.1) is 11.3 Å². The molecule has 0 aliphatic rings. The van der Waals surface area contributed by atoms with Gasteiger partial charge in [-0.05, 0) is 24.3 Å². The molecule has 0 unspecified atom stereocenters. The van der Waals surface area contributed by atoms with Gasteiger partial charge in [0, 0.05) is 21.3 Å². The van der Waals surface area contributed by atoms with E-state index in [1.807, 2.05) is 0 Å². The van der Waals surface area contributed by atoms with Gasteiger partial charge in [0.25, 0.3) is 5.91 Å². The van der Waals surface area contributed by atoms with E-state index < -0.39 is 17.6 Å². The second-order valence-corrected chi connectivity index (χ2v) is 5.20. The summed E-state index contributed by atoms with van der Waals surface area (Å²) in [5.74, 6) is -3.17. The highest BCUT2D eigenvalue weighted by Gasteiger charge is 2.30. The van der Waals surface area contributed by atoms with E-state index in [9.17, 15) is 14.9 Å². The van der Waals surface area contributed by atoms with Gasteiger partial charge in [-0.1, -0.05) is 47.5 Å². The van der Waals surface area contributed by atoms with E-state index in [-0.39, 0.29) is 15.6 Å². The van der Waals surface area contributed by atoms with Crippen molar-refractivity contribution in [3.8, 4) is 6.07 Å². The summed E-state index contributed by atoms with van der Waals surface area (Å²) in [6.07, 6.45) is 0. The average Bonchev–Trinajstić information content (AvgIpc) is 2.51. The highest BCUT2D eigenvalue weighted by atomic mass is 35.5. The third kappa shape index (κ3) is 3.45. The summed E-state index contributed by atoms with van der Waals surface area (Å²) < 4.78 is 0. The zero-order valence-corrected chi connectivity index (χ0v) is 12.7. The monoisotopic (exact) mass is 332 g/mol. The van der Waals surface area contributed by atoms with E-state index in [0.29, 0.717) is 5.69 Å². The first-order chi connectivity index (χ1) is 10.5. The van der Waals surface area contributed by atoms with Gasteiger partial charge in [0.15, 0.2) is 0 Å². The number of nitrogens with one attached hydrogen (secondary N) is 1. The van der Waals surface area contributed by atoms with E-state index >= 15 is 0 Å². The van der Waals surface area contributed by atoms with Crippen molar-refractivity contribution in [1.29, 1.82) is 5.26 Å². The molecular weight excluding hydrogens is 323 g/mol. The Hall–Kier alpha value is -2.35. The fourth-order valence-corrected chi connectivity index (χ4v) is 2.50. The molecule has 0 bridgehead atoms. The van der Waals surface area contributed by atoms with Gasteiger partial charge in [-0.15, -0.1) is 0 Å². The van der Waals surface area contributed by atoms with Gasteiger partial charge in [-0.3, -0.25) is 9.59 Å². The average molecular weight is 333 g/mol. The lowest BCUT2D eigenvalue weighted by Gasteiger charge is -2.12. The Morgan fingerprint density at radius 1 is 1.00 bits per heavy atom. The Morgan fingerprint density at radius 3 is 2.14 bits per heavy atom. The van der Waals surface area contributed by atoms with Gasteiger partial charge >= 0.3 is 0 Å². The maximum atomic E-state index is 12.2. The number of ketones is 1. The molecule has 0 aliphatic carbocycles. The number of para-hydroxylation sites is 1. The Balaban J connectivity index is 2.26. The van der Waals surface area contributed by atoms with Crippen molar-refractivity contribution in [3.05, 3.63) is 64.1 Å². The minimum Gasteiger partial charge on any atom is -0.319 e. The maximum Gasteiger partial charge on any atom is 0.293 e. The summed E-state index contributed by atoms with van der Waals surface area (Å²) in [4.78, 5) is 24.2. The van der Waals surface area contributed by atoms with Crippen LogP contribution in [0.25, 0.3) is 0 Å². The number of nitriles is 1. The highest BCUT2D eigenvalue weighted by molar-refractivity contribution is 6.44. The van der Waals surface area contributed by atoms with Crippen LogP contribution >= 0.6 is 23.2 Å². The molecule has 4 nitrogen and oxygen atoms in total. The molecule has 22 heavy (non-hydrogen) atoms. The van der Waals surface area contributed by atoms with E-state index in [4.69, 9.17) is 23.2 Å². The summed E-state index contributed by atoms with van der Waals surface area (Å²) in [7, 11) is 0. The second-order valence-electron chi connectivity index (χ2n) is 4.38. The molecule has 0 aromatic heterocycles. The fraction of sp³-hybridized carbons (Fsp3) is 0.0625. The summed E-state index contributed by atoms with van der Waals surface area (Å²) in [5, 5.41) is 12.0. The Bertz CT molecular complexity index is 734. The molecule has 0 fully saturated rings. The number of carbonyl (C=O) groups excluding carboxylic acids is 2. The first-order valence-corrected chi connectivity index (χ1v) is 7.04. The number of benzene rings is 2. The standard InChI is InChI=1S/C16H10Cl2N2O2/c17-12-7-4-8-13(18)14(12)11(9-19)15(21)16(22)20-10-5-2-1-3-6-10/h1-8,11H,(H,20,22)/t11-/m1/s1. The van der Waals surface area contributed by atoms with Crippen molar-refractivity contribution in [2.24, 2.45) is 0 Å². The first-order valence-electron chi connectivity index (χ1n) is 6.28. The zero-order valence-electron chi connectivity index (χ0n) is 11.2. The van der Waals surface area contributed by atoms with Crippen LogP contribution in [0.5, 0.6) is 0 Å². The van der Waals surface area contributed by atoms with Crippen LogP contribution in [0.2, 0.25) is 10.0 Å². The third-order valence-electron chi connectivity index (χ3n) is 2.94. The molecular formula is C16H10Cl2N2O2. The van der Waals surface area contributed by atoms with Crippen LogP contribution in [-0.2, 0) is 9.59 Å². The normalized spacial score (nSPS) is 11.3. The number of amides is 1. The van der Waals surface area contributed by atoms with Crippen LogP contribution < -0.4 is 5.32 Å². The maximum absolute atomic E-state index is 12.2. The van der Waals surface area contributed by atoms with Crippen molar-refractivity contribution in [3.63, 3.8) is 0 Å². The number of hydrogen-bond donors (Lipinski definition) is 1. The van der Waals surface area contributed by atoms with Crippen molar-refractivity contribution in [2.75, 3.05) is 5.32 Å². The van der Waals surface area contributed by atoms with E-state index in [1.54, 1.807) is 42.5 Å². The molecule has 0 saturated carbocycles. The minimum absolute atomic E-state index is 0.140. The molecule has 0 heterocycles. The Morgan fingerprint density at radius 2 is 1.59 bits per heavy atom. The second kappa shape index (κ2) is 7.08. The van der Waals surface area contributed by atoms with Crippen LogP contribution in [0.3, 0.4) is 0 Å². The van der Waals surface area contributed by atoms with Crippen molar-refractivity contribution in [2.45, 2.75) is 5.92 Å². The first kappa shape index (κ1) is 16.0. The lowest BCUT2D eigenvalue weighted by atomic mass is 9.95. The van der Waals surface area contributed by atoms with Gasteiger partial charge in [-0.2, -0.15) is 5.26 Å². The van der Waals surface area contributed by atoms with Gasteiger partial charge in [-0.25, -0.2) is 0 Å². The number of halogens is 2. The van der Waals surface area contributed by atoms with Crippen molar-refractivity contribution < 1.29 is 9.59 Å². The van der Waals surface area contributed by atoms with E-state index in [0.717, 1.165) is 0 Å². The number of nitrogens with zero attached hydrogens (tertiary/aromatic N) is 1. The van der Waals surface area contributed by atoms with Crippen molar-refractivity contribution in [1.82, 2.24) is 0 Å². The van der Waals surface area contributed by atoms with Crippen LogP contribution in [-0.4, -0.2) is 11.7 Å². The zero-order chi connectivity index (χ0) is 16.1. The summed E-state index contributed by atoms with van der Waals surface area (Å²) in [6.45, 7) is 0. The molecule has 0 saturated heterocycles. The van der Waals surface area contributed by atoms with Crippen LogP contribution in [0.15, 0.2) is 48.5 Å². The summed E-state index contributed by atoms with van der Waals surface area (Å²) in [5.41, 5.74) is 0.601. The summed E-state index contributed by atoms with van der Waals surface area (Å²) in [6, 6.07) is 14.9. The predicted molar refractivity (Wildman–Crippen MR) is 84.9 cm³/mol. The smallest absolute Gasteiger partial charge is 0.293 e. The molecule has 2 rings (SSSR count). The Labute approximate surface area is 137 Å². The van der Waals surface area contributed by atoms with Gasteiger partial charge in [0.1, 0.15) is 5.92 Å². The molecule has 0 spiro atoms. The minimum atomic E-state index is -1.36. The number of rotatable bonds is 4. The Kier molecular flexibility index (Phi) is 5.16. The van der Waals surface area contributed by atoms with Gasteiger partial charge in [0.05, 0.1) is 6.07 Å². The lowest BCUT2D eigenvalue weighted by molar-refractivity contribution is -0.135. The number of hydrogen-bond acceptors (Lipinski definition) is 3. The molecule has 6 heteroatoms.